The maximum Gasteiger partial charge on any atom is 0.0587 e. The fraction of sp³-hybridized carbons (Fsp3) is 0.688. The summed E-state index contributed by atoms with van der Waals surface area (Å²) in [6.45, 7) is 5.32. The summed E-state index contributed by atoms with van der Waals surface area (Å²) in [6, 6.07) is 4.45. The quantitative estimate of drug-likeness (QED) is 0.839. The number of aliphatic hydroxyl groups excluding tert-OH is 1. The minimum atomic E-state index is 0.258. The molecule has 1 fully saturated rings. The van der Waals surface area contributed by atoms with Gasteiger partial charge >= 0.3 is 0 Å². The highest BCUT2D eigenvalue weighted by Crippen LogP contribution is 2.19. The Balaban J connectivity index is 1.99. The second-order valence-electron chi connectivity index (χ2n) is 5.62. The minimum Gasteiger partial charge on any atom is -0.395 e. The average Bonchev–Trinajstić information content (AvgIpc) is 2.70. The maximum absolute atomic E-state index is 9.56. The van der Waals surface area contributed by atoms with Gasteiger partial charge in [0.1, 0.15) is 0 Å². The topological polar surface area (TPSA) is 48.4 Å². The zero-order chi connectivity index (χ0) is 14.2. The Kier molecular flexibility index (Phi) is 6.27. The molecule has 2 heterocycles. The summed E-state index contributed by atoms with van der Waals surface area (Å²) in [4.78, 5) is 6.87. The first-order valence-corrected chi connectivity index (χ1v) is 7.87. The average molecular weight is 277 g/mol. The summed E-state index contributed by atoms with van der Waals surface area (Å²) in [7, 11) is 0. The molecule has 0 radical (unpaired) electrons. The molecule has 0 aliphatic carbocycles. The molecule has 1 aromatic heterocycles. The van der Waals surface area contributed by atoms with E-state index in [0.717, 1.165) is 43.9 Å². The van der Waals surface area contributed by atoms with Gasteiger partial charge in [-0.25, -0.2) is 0 Å². The van der Waals surface area contributed by atoms with Crippen molar-refractivity contribution in [1.29, 1.82) is 0 Å². The molecule has 0 spiro atoms. The van der Waals surface area contributed by atoms with E-state index in [4.69, 9.17) is 0 Å². The lowest BCUT2D eigenvalue weighted by atomic mass is 10.1. The largest absolute Gasteiger partial charge is 0.395 e. The Labute approximate surface area is 122 Å². The number of rotatable bonds is 6. The maximum atomic E-state index is 9.56. The zero-order valence-electron chi connectivity index (χ0n) is 12.5. The van der Waals surface area contributed by atoms with Crippen molar-refractivity contribution in [1.82, 2.24) is 9.88 Å². The van der Waals surface area contributed by atoms with Crippen LogP contribution in [0.4, 0.5) is 5.69 Å². The molecular formula is C16H27N3O. The summed E-state index contributed by atoms with van der Waals surface area (Å²) in [5, 5.41) is 13.0. The van der Waals surface area contributed by atoms with Gasteiger partial charge in [-0.15, -0.1) is 0 Å². The van der Waals surface area contributed by atoms with Crippen LogP contribution in [0.1, 0.15) is 44.7 Å². The van der Waals surface area contributed by atoms with Gasteiger partial charge in [0, 0.05) is 31.0 Å². The van der Waals surface area contributed by atoms with Crippen molar-refractivity contribution in [2.45, 2.75) is 51.6 Å². The molecule has 0 aromatic carbocycles. The number of anilines is 1. The highest BCUT2D eigenvalue weighted by molar-refractivity contribution is 5.43. The third-order valence-corrected chi connectivity index (χ3v) is 3.97. The molecule has 1 aromatic rings. The van der Waals surface area contributed by atoms with Crippen LogP contribution in [0.3, 0.4) is 0 Å². The van der Waals surface area contributed by atoms with Crippen LogP contribution < -0.4 is 5.32 Å². The number of likely N-dealkylation sites (tertiary alicyclic amines) is 1. The van der Waals surface area contributed by atoms with E-state index in [-0.39, 0.29) is 6.61 Å². The van der Waals surface area contributed by atoms with Crippen LogP contribution in [0, 0.1) is 0 Å². The van der Waals surface area contributed by atoms with Crippen LogP contribution in [-0.4, -0.2) is 40.7 Å². The summed E-state index contributed by atoms with van der Waals surface area (Å²) in [5.41, 5.74) is 2.23. The Hall–Kier alpha value is -1.13. The third-order valence-electron chi connectivity index (χ3n) is 3.97. The van der Waals surface area contributed by atoms with Crippen molar-refractivity contribution < 1.29 is 5.11 Å². The third kappa shape index (κ3) is 4.46. The summed E-state index contributed by atoms with van der Waals surface area (Å²) in [6.07, 6.45) is 7.83. The van der Waals surface area contributed by atoms with Gasteiger partial charge in [-0.05, 0) is 37.9 Å². The smallest absolute Gasteiger partial charge is 0.0587 e. The number of aromatic nitrogens is 1. The van der Waals surface area contributed by atoms with E-state index < -0.39 is 0 Å². The fourth-order valence-corrected chi connectivity index (χ4v) is 2.80. The van der Waals surface area contributed by atoms with E-state index in [9.17, 15) is 5.11 Å². The molecule has 112 valence electrons. The second kappa shape index (κ2) is 8.22. The first-order chi connectivity index (χ1) is 9.83. The Bertz CT molecular complexity index is 397. The molecule has 1 atom stereocenters. The van der Waals surface area contributed by atoms with Crippen molar-refractivity contribution in [3.63, 3.8) is 0 Å². The highest BCUT2D eigenvalue weighted by Gasteiger charge is 2.20. The van der Waals surface area contributed by atoms with E-state index in [2.05, 4.69) is 28.2 Å². The summed E-state index contributed by atoms with van der Waals surface area (Å²) in [5.74, 6) is 0. The molecule has 1 saturated heterocycles. The molecular weight excluding hydrogens is 250 g/mol. The van der Waals surface area contributed by atoms with Crippen LogP contribution in [0.25, 0.3) is 0 Å². The van der Waals surface area contributed by atoms with E-state index in [0.29, 0.717) is 6.04 Å². The van der Waals surface area contributed by atoms with Crippen LogP contribution >= 0.6 is 0 Å². The van der Waals surface area contributed by atoms with E-state index in [1.807, 2.05) is 12.3 Å². The summed E-state index contributed by atoms with van der Waals surface area (Å²) >= 11 is 0. The normalized spacial score (nSPS) is 20.6. The van der Waals surface area contributed by atoms with Crippen molar-refractivity contribution in [2.75, 3.05) is 25.0 Å². The molecule has 1 aliphatic rings. The number of aliphatic hydroxyl groups is 1. The Morgan fingerprint density at radius 2 is 2.30 bits per heavy atom. The van der Waals surface area contributed by atoms with Gasteiger partial charge in [0.25, 0.3) is 0 Å². The minimum absolute atomic E-state index is 0.258. The van der Waals surface area contributed by atoms with E-state index >= 15 is 0 Å². The van der Waals surface area contributed by atoms with Crippen molar-refractivity contribution in [3.8, 4) is 0 Å². The monoisotopic (exact) mass is 277 g/mol. The molecule has 1 unspecified atom stereocenters. The van der Waals surface area contributed by atoms with E-state index in [1.54, 1.807) is 0 Å². The van der Waals surface area contributed by atoms with Crippen molar-refractivity contribution in [3.05, 3.63) is 24.0 Å². The SMILES string of the molecule is CCCNc1ccnc(CN2CCCCCC2CO)c1. The lowest BCUT2D eigenvalue weighted by molar-refractivity contribution is 0.117. The van der Waals surface area contributed by atoms with Gasteiger partial charge in [0.2, 0.25) is 0 Å². The number of hydrogen-bond donors (Lipinski definition) is 2. The number of nitrogens with zero attached hydrogens (tertiary/aromatic N) is 2. The van der Waals surface area contributed by atoms with Crippen LogP contribution in [0.2, 0.25) is 0 Å². The lowest BCUT2D eigenvalue weighted by Crippen LogP contribution is -2.37. The predicted molar refractivity (Wildman–Crippen MR) is 82.8 cm³/mol. The lowest BCUT2D eigenvalue weighted by Gasteiger charge is -2.28. The molecule has 4 heteroatoms. The van der Waals surface area contributed by atoms with Crippen molar-refractivity contribution >= 4 is 5.69 Å². The molecule has 2 N–H and O–H groups in total. The molecule has 0 amide bonds. The van der Waals surface area contributed by atoms with Gasteiger partial charge < -0.3 is 10.4 Å². The highest BCUT2D eigenvalue weighted by atomic mass is 16.3. The molecule has 2 rings (SSSR count). The number of pyridine rings is 1. The van der Waals surface area contributed by atoms with Crippen LogP contribution in [0.15, 0.2) is 18.3 Å². The van der Waals surface area contributed by atoms with Gasteiger partial charge in [-0.1, -0.05) is 19.8 Å². The zero-order valence-corrected chi connectivity index (χ0v) is 12.5. The number of hydrogen-bond acceptors (Lipinski definition) is 4. The van der Waals surface area contributed by atoms with Crippen molar-refractivity contribution in [2.24, 2.45) is 0 Å². The second-order valence-corrected chi connectivity index (χ2v) is 5.62. The Morgan fingerprint density at radius 3 is 3.10 bits per heavy atom. The standard InChI is InChI=1S/C16H27N3O/c1-2-8-17-14-7-9-18-15(11-14)12-19-10-5-3-4-6-16(19)13-20/h7,9,11,16,20H,2-6,8,10,12-13H2,1H3,(H,17,18). The fourth-order valence-electron chi connectivity index (χ4n) is 2.80. The molecule has 1 aliphatic heterocycles. The first kappa shape index (κ1) is 15.3. The van der Waals surface area contributed by atoms with E-state index in [1.165, 1.54) is 19.3 Å². The molecule has 20 heavy (non-hydrogen) atoms. The molecule has 0 bridgehead atoms. The van der Waals surface area contributed by atoms with Gasteiger partial charge in [0.15, 0.2) is 0 Å². The predicted octanol–water partition coefficient (Wildman–Crippen LogP) is 2.64. The number of nitrogens with one attached hydrogen (secondary N) is 1. The van der Waals surface area contributed by atoms with Crippen LogP contribution in [0.5, 0.6) is 0 Å². The molecule has 4 nitrogen and oxygen atoms in total. The van der Waals surface area contributed by atoms with Gasteiger partial charge in [-0.3, -0.25) is 9.88 Å². The van der Waals surface area contributed by atoms with Crippen LogP contribution in [-0.2, 0) is 6.54 Å². The summed E-state index contributed by atoms with van der Waals surface area (Å²) < 4.78 is 0. The Morgan fingerprint density at radius 1 is 1.40 bits per heavy atom. The van der Waals surface area contributed by atoms with Gasteiger partial charge in [0.05, 0.1) is 12.3 Å². The van der Waals surface area contributed by atoms with Gasteiger partial charge in [-0.2, -0.15) is 0 Å². The molecule has 0 saturated carbocycles. The first-order valence-electron chi connectivity index (χ1n) is 7.87.